The van der Waals surface area contributed by atoms with E-state index in [0.29, 0.717) is 34.2 Å². The number of fused-ring (bicyclic) bond motifs is 4. The zero-order valence-corrected chi connectivity index (χ0v) is 30.3. The third-order valence-electron chi connectivity index (χ3n) is 9.31. The summed E-state index contributed by atoms with van der Waals surface area (Å²) < 4.78 is 3.11. The molecule has 8 N–H and O–H groups in total. The molecular formula is C40H33ClN12O2. The fourth-order valence-electron chi connectivity index (χ4n) is 6.67. The first-order chi connectivity index (χ1) is 26.2. The average molecular weight is 749 g/mol. The SMILES string of the molecule is Cc1nc2cc(-n3ncc(C(=O)c4cc5ccccc5[nH]4)c3N)ccc2[nH]1.Cc1nc2cc(-n3ncc(C(=O)c4cc5ccccc5[nH]4)c3N)ccc2[nH]1.Cl. The van der Waals surface area contributed by atoms with E-state index in [2.05, 4.69) is 40.1 Å². The molecule has 6 aromatic heterocycles. The number of para-hydroxylation sites is 2. The van der Waals surface area contributed by atoms with Gasteiger partial charge in [-0.2, -0.15) is 10.2 Å². The number of ketones is 2. The smallest absolute Gasteiger partial charge is 0.214 e. The van der Waals surface area contributed by atoms with Crippen molar-refractivity contribution in [3.8, 4) is 11.4 Å². The molecule has 0 aliphatic carbocycles. The van der Waals surface area contributed by atoms with E-state index in [-0.39, 0.29) is 24.0 Å². The van der Waals surface area contributed by atoms with Crippen LogP contribution in [-0.4, -0.2) is 61.0 Å². The second-order valence-electron chi connectivity index (χ2n) is 13.0. The van der Waals surface area contributed by atoms with Crippen LogP contribution in [0.3, 0.4) is 0 Å². The topological polar surface area (TPSA) is 211 Å². The van der Waals surface area contributed by atoms with Gasteiger partial charge in [0, 0.05) is 21.8 Å². The molecule has 0 spiro atoms. The van der Waals surface area contributed by atoms with Gasteiger partial charge in [0.2, 0.25) is 11.6 Å². The second-order valence-corrected chi connectivity index (χ2v) is 13.0. The summed E-state index contributed by atoms with van der Waals surface area (Å²) >= 11 is 0. The number of aryl methyl sites for hydroxylation is 2. The van der Waals surface area contributed by atoms with E-state index >= 15 is 0 Å². The van der Waals surface area contributed by atoms with Crippen molar-refractivity contribution in [2.45, 2.75) is 13.8 Å². The molecule has 15 heteroatoms. The number of aromatic amines is 4. The van der Waals surface area contributed by atoms with Crippen molar-refractivity contribution in [2.24, 2.45) is 0 Å². The Labute approximate surface area is 318 Å². The Morgan fingerprint density at radius 2 is 0.964 bits per heavy atom. The van der Waals surface area contributed by atoms with Crippen LogP contribution in [0.5, 0.6) is 0 Å². The standard InChI is InChI=1S/2C20H16N6O.ClH/c2*1-11-23-16-7-6-13(9-17(16)24-11)26-20(21)14(10-22-26)19(27)18-8-12-4-2-3-5-15(12)25-18;/h2*2-10,25H,21H2,1H3,(H,23,24);1H. The normalized spacial score (nSPS) is 11.2. The highest BCUT2D eigenvalue weighted by Gasteiger charge is 2.21. The predicted octanol–water partition coefficient (Wildman–Crippen LogP) is 7.12. The predicted molar refractivity (Wildman–Crippen MR) is 215 cm³/mol. The van der Waals surface area contributed by atoms with E-state index in [0.717, 1.165) is 66.9 Å². The van der Waals surface area contributed by atoms with Crippen molar-refractivity contribution < 1.29 is 9.59 Å². The lowest BCUT2D eigenvalue weighted by molar-refractivity contribution is 0.102. The highest BCUT2D eigenvalue weighted by Crippen LogP contribution is 2.26. The molecule has 6 heterocycles. The minimum atomic E-state index is -0.188. The van der Waals surface area contributed by atoms with Crippen molar-refractivity contribution >= 4 is 79.5 Å². The lowest BCUT2D eigenvalue weighted by Gasteiger charge is -2.05. The molecular weight excluding hydrogens is 716 g/mol. The molecule has 0 amide bonds. The number of anilines is 2. The largest absolute Gasteiger partial charge is 0.383 e. The highest BCUT2D eigenvalue weighted by atomic mass is 35.5. The molecule has 0 saturated heterocycles. The number of carbonyl (C=O) groups is 2. The molecule has 0 bridgehead atoms. The fourth-order valence-corrected chi connectivity index (χ4v) is 6.67. The number of hydrogen-bond acceptors (Lipinski definition) is 8. The van der Waals surface area contributed by atoms with Crippen molar-refractivity contribution in [3.63, 3.8) is 0 Å². The van der Waals surface area contributed by atoms with Gasteiger partial charge in [0.25, 0.3) is 0 Å². The first-order valence-electron chi connectivity index (χ1n) is 17.1. The lowest BCUT2D eigenvalue weighted by Crippen LogP contribution is -2.07. The number of nitrogens with two attached hydrogens (primary N) is 2. The minimum absolute atomic E-state index is 0. The van der Waals surface area contributed by atoms with E-state index in [4.69, 9.17) is 11.5 Å². The summed E-state index contributed by atoms with van der Waals surface area (Å²) in [6, 6.07) is 30.5. The van der Waals surface area contributed by atoms with E-state index in [1.165, 1.54) is 12.4 Å². The number of H-pyrrole nitrogens is 4. The van der Waals surface area contributed by atoms with E-state index in [1.54, 1.807) is 9.36 Å². The summed E-state index contributed by atoms with van der Waals surface area (Å²) in [5, 5.41) is 10.6. The van der Waals surface area contributed by atoms with Gasteiger partial charge in [-0.25, -0.2) is 19.3 Å². The average Bonchev–Trinajstić information content (AvgIpc) is 4.02. The molecule has 0 fully saturated rings. The van der Waals surface area contributed by atoms with Crippen LogP contribution in [0, 0.1) is 13.8 Å². The summed E-state index contributed by atoms with van der Waals surface area (Å²) in [4.78, 5) is 47.3. The third kappa shape index (κ3) is 6.15. The van der Waals surface area contributed by atoms with E-state index < -0.39 is 0 Å². The van der Waals surface area contributed by atoms with Crippen molar-refractivity contribution in [2.75, 3.05) is 11.5 Å². The summed E-state index contributed by atoms with van der Waals surface area (Å²) in [7, 11) is 0. The Hall–Kier alpha value is -7.45. The minimum Gasteiger partial charge on any atom is -0.383 e. The van der Waals surface area contributed by atoms with Gasteiger partial charge in [-0.3, -0.25) is 9.59 Å². The summed E-state index contributed by atoms with van der Waals surface area (Å²) in [6.07, 6.45) is 3.01. The first kappa shape index (κ1) is 34.6. The van der Waals surface area contributed by atoms with Gasteiger partial charge < -0.3 is 31.4 Å². The number of carbonyl (C=O) groups excluding carboxylic acids is 2. The monoisotopic (exact) mass is 748 g/mol. The van der Waals surface area contributed by atoms with Gasteiger partial charge >= 0.3 is 0 Å². The summed E-state index contributed by atoms with van der Waals surface area (Å²) in [5.41, 5.74) is 21.1. The molecule has 0 atom stereocenters. The third-order valence-corrected chi connectivity index (χ3v) is 9.31. The Kier molecular flexibility index (Phi) is 8.51. The first-order valence-corrected chi connectivity index (χ1v) is 17.1. The van der Waals surface area contributed by atoms with Gasteiger partial charge in [0.1, 0.15) is 23.3 Å². The van der Waals surface area contributed by atoms with Crippen molar-refractivity contribution in [1.29, 1.82) is 0 Å². The Balaban J connectivity index is 0.000000153. The second kappa shape index (κ2) is 13.5. The zero-order chi connectivity index (χ0) is 37.1. The van der Waals surface area contributed by atoms with Crippen LogP contribution in [0.1, 0.15) is 43.8 Å². The maximum atomic E-state index is 12.9. The van der Waals surface area contributed by atoms with Gasteiger partial charge in [0.15, 0.2) is 0 Å². The number of nitrogens with zero attached hydrogens (tertiary/aromatic N) is 6. The van der Waals surface area contributed by atoms with Crippen molar-refractivity contribution in [1.82, 2.24) is 49.5 Å². The lowest BCUT2D eigenvalue weighted by atomic mass is 10.1. The number of nitrogens with one attached hydrogen (secondary N) is 4. The molecule has 0 aliphatic heterocycles. The number of rotatable bonds is 6. The maximum Gasteiger partial charge on any atom is 0.214 e. The van der Waals surface area contributed by atoms with Crippen LogP contribution in [0.2, 0.25) is 0 Å². The molecule has 4 aromatic carbocycles. The summed E-state index contributed by atoms with van der Waals surface area (Å²) in [5.74, 6) is 1.89. The van der Waals surface area contributed by atoms with Crippen LogP contribution in [0.4, 0.5) is 11.6 Å². The number of halogens is 1. The molecule has 10 rings (SSSR count). The molecule has 55 heavy (non-hydrogen) atoms. The van der Waals surface area contributed by atoms with Crippen LogP contribution in [0.25, 0.3) is 55.2 Å². The number of hydrogen-bond donors (Lipinski definition) is 6. The Morgan fingerprint density at radius 1 is 0.545 bits per heavy atom. The van der Waals surface area contributed by atoms with Gasteiger partial charge in [-0.1, -0.05) is 36.4 Å². The molecule has 272 valence electrons. The Morgan fingerprint density at radius 3 is 1.38 bits per heavy atom. The van der Waals surface area contributed by atoms with Crippen LogP contribution >= 0.6 is 12.4 Å². The Bertz CT molecular complexity index is 2790. The molecule has 0 saturated carbocycles. The number of imidazole rings is 2. The van der Waals surface area contributed by atoms with E-state index in [9.17, 15) is 9.59 Å². The van der Waals surface area contributed by atoms with Gasteiger partial charge in [-0.05, 0) is 74.5 Å². The molecule has 14 nitrogen and oxygen atoms in total. The molecule has 0 unspecified atom stereocenters. The highest BCUT2D eigenvalue weighted by molar-refractivity contribution is 6.13. The summed E-state index contributed by atoms with van der Waals surface area (Å²) in [6.45, 7) is 3.80. The molecule has 0 radical (unpaired) electrons. The fraction of sp³-hybridized carbons (Fsp3) is 0.0500. The molecule has 0 aliphatic rings. The number of nitrogen functional groups attached to an aromatic ring is 2. The zero-order valence-electron chi connectivity index (χ0n) is 29.5. The van der Waals surface area contributed by atoms with E-state index in [1.807, 2.05) is 111 Å². The van der Waals surface area contributed by atoms with Crippen molar-refractivity contribution in [3.05, 3.63) is 144 Å². The maximum absolute atomic E-state index is 12.9. The van der Waals surface area contributed by atoms with Crippen LogP contribution in [-0.2, 0) is 0 Å². The quantitative estimate of drug-likeness (QED) is 0.0961. The van der Waals surface area contributed by atoms with Crippen LogP contribution in [0.15, 0.2) is 109 Å². The number of benzene rings is 4. The van der Waals surface area contributed by atoms with Gasteiger partial charge in [0.05, 0.1) is 68.4 Å². The van der Waals surface area contributed by atoms with Crippen LogP contribution < -0.4 is 11.5 Å². The van der Waals surface area contributed by atoms with Gasteiger partial charge in [-0.15, -0.1) is 12.4 Å². The molecule has 10 aromatic rings. The number of aromatic nitrogens is 10.